The van der Waals surface area contributed by atoms with Crippen LogP contribution in [0.4, 0.5) is 0 Å². The number of rotatable bonds is 3. The SMILES string of the molecule is CCCC1C2(O)CC(O)C3C4(C)CCC5(C)C6CC(C)(C(=O)O)CCC6(C)CCC5(C)C4CCC13CO2. The molecule has 1 saturated heterocycles. The molecular formula is C32H52O5. The van der Waals surface area contributed by atoms with Crippen LogP contribution in [-0.2, 0) is 9.53 Å². The van der Waals surface area contributed by atoms with Gasteiger partial charge in [-0.15, -0.1) is 0 Å². The number of aliphatic hydroxyl groups excluding tert-OH is 1. The van der Waals surface area contributed by atoms with Crippen LogP contribution >= 0.6 is 0 Å². The van der Waals surface area contributed by atoms with Crippen molar-refractivity contribution in [2.24, 2.45) is 56.2 Å². The molecule has 1 spiro atoms. The van der Waals surface area contributed by atoms with Crippen LogP contribution in [0, 0.1) is 56.2 Å². The summed E-state index contributed by atoms with van der Waals surface area (Å²) in [6.45, 7) is 14.8. The van der Waals surface area contributed by atoms with E-state index in [1.165, 1.54) is 12.8 Å². The van der Waals surface area contributed by atoms with Crippen LogP contribution in [0.3, 0.4) is 0 Å². The number of aliphatic carboxylic acids is 1. The first-order valence-electron chi connectivity index (χ1n) is 15.4. The number of fused-ring (bicyclic) bond motifs is 7. The van der Waals surface area contributed by atoms with Gasteiger partial charge in [-0.1, -0.05) is 41.0 Å². The average molecular weight is 517 g/mol. The molecule has 6 aliphatic rings. The molecule has 3 N–H and O–H groups in total. The fourth-order valence-corrected chi connectivity index (χ4v) is 12.7. The second-order valence-corrected chi connectivity index (χ2v) is 16.2. The van der Waals surface area contributed by atoms with Gasteiger partial charge in [-0.25, -0.2) is 0 Å². The highest BCUT2D eigenvalue weighted by Gasteiger charge is 2.76. The molecule has 6 rings (SSSR count). The molecule has 5 heteroatoms. The lowest BCUT2D eigenvalue weighted by Crippen LogP contribution is -2.70. The summed E-state index contributed by atoms with van der Waals surface area (Å²) in [5, 5.41) is 33.4. The van der Waals surface area contributed by atoms with Crippen LogP contribution in [0.25, 0.3) is 0 Å². The minimum atomic E-state index is -1.17. The molecule has 6 fully saturated rings. The third-order valence-electron chi connectivity index (χ3n) is 14.8. The highest BCUT2D eigenvalue weighted by atomic mass is 16.6. The van der Waals surface area contributed by atoms with E-state index < -0.39 is 23.3 Å². The van der Waals surface area contributed by atoms with Crippen LogP contribution in [0.2, 0.25) is 0 Å². The van der Waals surface area contributed by atoms with E-state index in [2.05, 4.69) is 34.6 Å². The van der Waals surface area contributed by atoms with E-state index in [1.807, 2.05) is 6.92 Å². The van der Waals surface area contributed by atoms with E-state index in [0.29, 0.717) is 24.9 Å². The summed E-state index contributed by atoms with van der Waals surface area (Å²) < 4.78 is 6.21. The zero-order chi connectivity index (χ0) is 26.9. The molecule has 5 nitrogen and oxygen atoms in total. The summed E-state index contributed by atoms with van der Waals surface area (Å²) >= 11 is 0. The second-order valence-electron chi connectivity index (χ2n) is 16.2. The highest BCUT2D eigenvalue weighted by Crippen LogP contribution is 2.79. The Balaban J connectivity index is 1.40. The molecular weight excluding hydrogens is 464 g/mol. The number of hydrogen-bond acceptors (Lipinski definition) is 4. The number of ether oxygens (including phenoxy) is 1. The van der Waals surface area contributed by atoms with Crippen LogP contribution in [-0.4, -0.2) is 39.8 Å². The lowest BCUT2D eigenvalue weighted by Gasteiger charge is -2.75. The minimum Gasteiger partial charge on any atom is -0.481 e. The average Bonchev–Trinajstić information content (AvgIpc) is 3.00. The van der Waals surface area contributed by atoms with Crippen LogP contribution in [0.1, 0.15) is 119 Å². The molecule has 0 radical (unpaired) electrons. The zero-order valence-corrected chi connectivity index (χ0v) is 24.2. The van der Waals surface area contributed by atoms with Crippen molar-refractivity contribution in [1.82, 2.24) is 0 Å². The van der Waals surface area contributed by atoms with Gasteiger partial charge in [0.1, 0.15) is 0 Å². The van der Waals surface area contributed by atoms with Gasteiger partial charge in [-0.3, -0.25) is 4.79 Å². The summed E-state index contributed by atoms with van der Waals surface area (Å²) in [6, 6.07) is 0. The van der Waals surface area contributed by atoms with E-state index in [4.69, 9.17) is 4.74 Å². The maximum absolute atomic E-state index is 12.4. The standard InChI is InChI=1S/C32H52O5/c1-7-8-22-31-10-9-21-28(4,24(31)20(33)17-32(22,36)37-19-31)14-16-30(6)23-18-27(3,25(34)35)12-11-26(23,2)13-15-29(21,30)5/h20-24,33,36H,7-19H2,1-6H3,(H,34,35). The van der Waals surface area contributed by atoms with Gasteiger partial charge in [0.2, 0.25) is 0 Å². The normalized spacial score (nSPS) is 60.6. The van der Waals surface area contributed by atoms with Gasteiger partial charge < -0.3 is 20.1 Å². The maximum Gasteiger partial charge on any atom is 0.309 e. The van der Waals surface area contributed by atoms with Crippen molar-refractivity contribution in [2.75, 3.05) is 6.61 Å². The summed E-state index contributed by atoms with van der Waals surface area (Å²) in [6.07, 6.45) is 11.2. The Morgan fingerprint density at radius 1 is 0.892 bits per heavy atom. The molecule has 1 heterocycles. The van der Waals surface area contributed by atoms with Crippen molar-refractivity contribution in [3.05, 3.63) is 0 Å². The molecule has 5 aliphatic carbocycles. The predicted octanol–water partition coefficient (Wildman–Crippen LogP) is 6.40. The molecule has 0 amide bonds. The Hall–Kier alpha value is -0.650. The first-order valence-corrected chi connectivity index (χ1v) is 15.4. The molecule has 0 aromatic heterocycles. The van der Waals surface area contributed by atoms with Gasteiger partial charge >= 0.3 is 5.97 Å². The summed E-state index contributed by atoms with van der Waals surface area (Å²) in [5.74, 6) is -0.603. The number of carboxylic acid groups (broad SMARTS) is 1. The lowest BCUT2D eigenvalue weighted by molar-refractivity contribution is -0.288. The van der Waals surface area contributed by atoms with Crippen molar-refractivity contribution in [3.63, 3.8) is 0 Å². The molecule has 37 heavy (non-hydrogen) atoms. The molecule has 12 unspecified atom stereocenters. The van der Waals surface area contributed by atoms with Crippen molar-refractivity contribution < 1.29 is 24.9 Å². The first-order chi connectivity index (χ1) is 17.1. The van der Waals surface area contributed by atoms with Gasteiger partial charge in [0.25, 0.3) is 0 Å². The molecule has 0 aromatic rings. The highest BCUT2D eigenvalue weighted by molar-refractivity contribution is 5.74. The number of carbonyl (C=O) groups is 1. The number of aliphatic hydroxyl groups is 2. The topological polar surface area (TPSA) is 87.0 Å². The van der Waals surface area contributed by atoms with Crippen molar-refractivity contribution in [1.29, 1.82) is 0 Å². The van der Waals surface area contributed by atoms with Gasteiger partial charge in [-0.2, -0.15) is 0 Å². The molecule has 5 saturated carbocycles. The van der Waals surface area contributed by atoms with Gasteiger partial charge in [0.15, 0.2) is 5.79 Å². The van der Waals surface area contributed by atoms with Gasteiger partial charge in [0.05, 0.1) is 18.1 Å². The smallest absolute Gasteiger partial charge is 0.309 e. The maximum atomic E-state index is 12.4. The van der Waals surface area contributed by atoms with E-state index >= 15 is 0 Å². The summed E-state index contributed by atoms with van der Waals surface area (Å²) in [5.41, 5.74) is -0.309. The van der Waals surface area contributed by atoms with E-state index in [1.54, 1.807) is 0 Å². The summed E-state index contributed by atoms with van der Waals surface area (Å²) in [4.78, 5) is 12.4. The molecule has 210 valence electrons. The van der Waals surface area contributed by atoms with E-state index in [9.17, 15) is 20.1 Å². The largest absolute Gasteiger partial charge is 0.481 e. The van der Waals surface area contributed by atoms with Gasteiger partial charge in [0, 0.05) is 17.8 Å². The van der Waals surface area contributed by atoms with Crippen LogP contribution in [0.5, 0.6) is 0 Å². The third-order valence-corrected chi connectivity index (χ3v) is 14.8. The van der Waals surface area contributed by atoms with Gasteiger partial charge in [-0.05, 0) is 111 Å². The lowest BCUT2D eigenvalue weighted by atomic mass is 9.29. The first kappa shape index (κ1) is 26.6. The monoisotopic (exact) mass is 516 g/mol. The van der Waals surface area contributed by atoms with Crippen LogP contribution in [0.15, 0.2) is 0 Å². The third kappa shape index (κ3) is 3.06. The van der Waals surface area contributed by atoms with E-state index in [0.717, 1.165) is 57.8 Å². The fourth-order valence-electron chi connectivity index (χ4n) is 12.7. The molecule has 12 atom stereocenters. The Bertz CT molecular complexity index is 982. The number of hydrogen-bond donors (Lipinski definition) is 3. The van der Waals surface area contributed by atoms with Crippen LogP contribution < -0.4 is 0 Å². The van der Waals surface area contributed by atoms with Crippen molar-refractivity contribution in [2.45, 2.75) is 130 Å². The second kappa shape index (κ2) is 7.75. The quantitative estimate of drug-likeness (QED) is 0.404. The molecule has 0 aromatic carbocycles. The van der Waals surface area contributed by atoms with Crippen molar-refractivity contribution >= 4 is 5.97 Å². The Morgan fingerprint density at radius 2 is 1.54 bits per heavy atom. The Morgan fingerprint density at radius 3 is 2.22 bits per heavy atom. The number of carboxylic acids is 1. The predicted molar refractivity (Wildman–Crippen MR) is 143 cm³/mol. The summed E-state index contributed by atoms with van der Waals surface area (Å²) in [7, 11) is 0. The molecule has 2 bridgehead atoms. The van der Waals surface area contributed by atoms with Crippen molar-refractivity contribution in [3.8, 4) is 0 Å². The Kier molecular flexibility index (Phi) is 5.57. The fraction of sp³-hybridized carbons (Fsp3) is 0.969. The molecule has 1 aliphatic heterocycles. The zero-order valence-electron chi connectivity index (χ0n) is 24.2. The minimum absolute atomic E-state index is 0.00541. The Labute approximate surface area is 224 Å². The van der Waals surface area contributed by atoms with E-state index in [-0.39, 0.29) is 38.9 Å².